The van der Waals surface area contributed by atoms with Gasteiger partial charge in [0.15, 0.2) is 0 Å². The zero-order chi connectivity index (χ0) is 13.5. The summed E-state index contributed by atoms with van der Waals surface area (Å²) in [4.78, 5) is 11.6. The Labute approximate surface area is 121 Å². The summed E-state index contributed by atoms with van der Waals surface area (Å²) in [6.45, 7) is 4.48. The molecule has 19 heavy (non-hydrogen) atoms. The highest BCUT2D eigenvalue weighted by atomic mass is 35.5. The minimum Gasteiger partial charge on any atom is -0.497 e. The number of hydrogen-bond acceptors (Lipinski definition) is 3. The molecular weight excluding hydrogens is 264 g/mol. The van der Waals surface area contributed by atoms with Crippen LogP contribution in [0.5, 0.6) is 5.75 Å². The SMILES string of the molecule is COc1ccc(CCNC(=O)C(N)C(C)C)cc1.Cl. The number of methoxy groups -OCH3 is 1. The van der Waals surface area contributed by atoms with E-state index in [0.717, 1.165) is 17.7 Å². The summed E-state index contributed by atoms with van der Waals surface area (Å²) >= 11 is 0. The van der Waals surface area contributed by atoms with Crippen molar-refractivity contribution in [2.75, 3.05) is 13.7 Å². The van der Waals surface area contributed by atoms with E-state index in [2.05, 4.69) is 5.32 Å². The second-order valence-electron chi connectivity index (χ2n) is 4.66. The van der Waals surface area contributed by atoms with E-state index >= 15 is 0 Å². The van der Waals surface area contributed by atoms with Gasteiger partial charge in [0.1, 0.15) is 5.75 Å². The van der Waals surface area contributed by atoms with E-state index in [1.807, 2.05) is 38.1 Å². The maximum Gasteiger partial charge on any atom is 0.237 e. The predicted molar refractivity (Wildman–Crippen MR) is 79.8 cm³/mol. The highest BCUT2D eigenvalue weighted by molar-refractivity contribution is 5.85. The third kappa shape index (κ3) is 5.94. The molecule has 1 atom stereocenters. The standard InChI is InChI=1S/C14H22N2O2.ClH/c1-10(2)13(15)14(17)16-9-8-11-4-6-12(18-3)7-5-11;/h4-7,10,13H,8-9,15H2,1-3H3,(H,16,17);1H. The zero-order valence-electron chi connectivity index (χ0n) is 11.7. The summed E-state index contributed by atoms with van der Waals surface area (Å²) in [6, 6.07) is 7.38. The first-order valence-electron chi connectivity index (χ1n) is 6.21. The molecule has 0 fully saturated rings. The van der Waals surface area contributed by atoms with E-state index in [9.17, 15) is 4.79 Å². The number of carbonyl (C=O) groups is 1. The Bertz CT molecular complexity index is 380. The van der Waals surface area contributed by atoms with Gasteiger partial charge in [-0.1, -0.05) is 26.0 Å². The molecule has 0 aliphatic rings. The highest BCUT2D eigenvalue weighted by Crippen LogP contribution is 2.11. The molecule has 0 saturated heterocycles. The summed E-state index contributed by atoms with van der Waals surface area (Å²) in [5.41, 5.74) is 6.91. The Morgan fingerprint density at radius 3 is 2.37 bits per heavy atom. The van der Waals surface area contributed by atoms with E-state index in [0.29, 0.717) is 6.54 Å². The monoisotopic (exact) mass is 286 g/mol. The molecule has 0 radical (unpaired) electrons. The largest absolute Gasteiger partial charge is 0.497 e. The average molecular weight is 287 g/mol. The van der Waals surface area contributed by atoms with Crippen LogP contribution in [0.3, 0.4) is 0 Å². The second-order valence-corrected chi connectivity index (χ2v) is 4.66. The van der Waals surface area contributed by atoms with Crippen molar-refractivity contribution in [2.45, 2.75) is 26.3 Å². The smallest absolute Gasteiger partial charge is 0.237 e. The van der Waals surface area contributed by atoms with Crippen molar-refractivity contribution in [3.8, 4) is 5.75 Å². The molecule has 3 N–H and O–H groups in total. The van der Waals surface area contributed by atoms with Crippen LogP contribution in [0.25, 0.3) is 0 Å². The minimum atomic E-state index is -0.430. The van der Waals surface area contributed by atoms with E-state index in [-0.39, 0.29) is 24.2 Å². The van der Waals surface area contributed by atoms with Crippen molar-refractivity contribution in [1.29, 1.82) is 0 Å². The summed E-state index contributed by atoms with van der Waals surface area (Å²) in [6.07, 6.45) is 0.792. The fourth-order valence-electron chi connectivity index (χ4n) is 1.54. The molecule has 0 aromatic heterocycles. The molecule has 0 saturated carbocycles. The molecule has 1 aromatic carbocycles. The van der Waals surface area contributed by atoms with Crippen LogP contribution >= 0.6 is 12.4 Å². The number of rotatable bonds is 6. The van der Waals surface area contributed by atoms with Crippen LogP contribution < -0.4 is 15.8 Å². The fourth-order valence-corrected chi connectivity index (χ4v) is 1.54. The van der Waals surface area contributed by atoms with Crippen LogP contribution in [-0.2, 0) is 11.2 Å². The van der Waals surface area contributed by atoms with Gasteiger partial charge in [-0.15, -0.1) is 12.4 Å². The molecule has 0 bridgehead atoms. The van der Waals surface area contributed by atoms with Crippen LogP contribution in [0.15, 0.2) is 24.3 Å². The second kappa shape index (κ2) is 8.77. The van der Waals surface area contributed by atoms with Crippen LogP contribution in [0.2, 0.25) is 0 Å². The van der Waals surface area contributed by atoms with Crippen molar-refractivity contribution in [3.05, 3.63) is 29.8 Å². The van der Waals surface area contributed by atoms with Gasteiger partial charge in [-0.3, -0.25) is 4.79 Å². The van der Waals surface area contributed by atoms with Crippen LogP contribution in [0, 0.1) is 5.92 Å². The molecule has 0 heterocycles. The Kier molecular flexibility index (Phi) is 8.19. The van der Waals surface area contributed by atoms with E-state index in [1.54, 1.807) is 7.11 Å². The number of amides is 1. The quantitative estimate of drug-likeness (QED) is 0.837. The number of halogens is 1. The lowest BCUT2D eigenvalue weighted by atomic mass is 10.0. The first-order chi connectivity index (χ1) is 8.54. The molecule has 1 unspecified atom stereocenters. The van der Waals surface area contributed by atoms with E-state index in [1.165, 1.54) is 0 Å². The molecule has 1 amide bonds. The lowest BCUT2D eigenvalue weighted by molar-refractivity contribution is -0.123. The minimum absolute atomic E-state index is 0. The Morgan fingerprint density at radius 1 is 1.32 bits per heavy atom. The predicted octanol–water partition coefficient (Wildman–Crippen LogP) is 1.76. The Balaban J connectivity index is 0.00000324. The van der Waals surface area contributed by atoms with Crippen molar-refractivity contribution >= 4 is 18.3 Å². The van der Waals surface area contributed by atoms with Gasteiger partial charge < -0.3 is 15.8 Å². The van der Waals surface area contributed by atoms with Gasteiger partial charge >= 0.3 is 0 Å². The normalized spacial score (nSPS) is 11.6. The number of nitrogens with one attached hydrogen (secondary N) is 1. The van der Waals surface area contributed by atoms with Gasteiger partial charge in [-0.25, -0.2) is 0 Å². The van der Waals surface area contributed by atoms with Gasteiger partial charge in [0, 0.05) is 6.54 Å². The molecule has 1 aromatic rings. The third-order valence-corrected chi connectivity index (χ3v) is 2.89. The summed E-state index contributed by atoms with van der Waals surface area (Å²) in [7, 11) is 1.64. The van der Waals surface area contributed by atoms with Crippen molar-refractivity contribution in [1.82, 2.24) is 5.32 Å². The van der Waals surface area contributed by atoms with E-state index < -0.39 is 6.04 Å². The van der Waals surface area contributed by atoms with Gasteiger partial charge in [0.2, 0.25) is 5.91 Å². The van der Waals surface area contributed by atoms with Crippen LogP contribution in [0.4, 0.5) is 0 Å². The summed E-state index contributed by atoms with van der Waals surface area (Å²) < 4.78 is 5.08. The molecule has 0 aliphatic carbocycles. The van der Waals surface area contributed by atoms with Crippen molar-refractivity contribution < 1.29 is 9.53 Å². The molecule has 5 heteroatoms. The molecule has 0 aliphatic heterocycles. The summed E-state index contributed by atoms with van der Waals surface area (Å²) in [5, 5.41) is 2.85. The topological polar surface area (TPSA) is 64.3 Å². The number of carbonyl (C=O) groups excluding carboxylic acids is 1. The van der Waals surface area contributed by atoms with Gasteiger partial charge in [-0.05, 0) is 30.0 Å². The van der Waals surface area contributed by atoms with Gasteiger partial charge in [0.05, 0.1) is 13.2 Å². The lowest BCUT2D eigenvalue weighted by Crippen LogP contribution is -2.44. The molecular formula is C14H23ClN2O2. The number of ether oxygens (including phenoxy) is 1. The fraction of sp³-hybridized carbons (Fsp3) is 0.500. The van der Waals surface area contributed by atoms with Gasteiger partial charge in [0.25, 0.3) is 0 Å². The Hall–Kier alpha value is -1.26. The lowest BCUT2D eigenvalue weighted by Gasteiger charge is -2.15. The molecule has 108 valence electrons. The third-order valence-electron chi connectivity index (χ3n) is 2.89. The summed E-state index contributed by atoms with van der Waals surface area (Å²) in [5.74, 6) is 0.911. The maximum atomic E-state index is 11.6. The average Bonchev–Trinajstić information content (AvgIpc) is 2.38. The van der Waals surface area contributed by atoms with Gasteiger partial charge in [-0.2, -0.15) is 0 Å². The molecule has 0 spiro atoms. The van der Waals surface area contributed by atoms with Crippen LogP contribution in [0.1, 0.15) is 19.4 Å². The maximum absolute atomic E-state index is 11.6. The molecule has 1 rings (SSSR count). The number of hydrogen-bond donors (Lipinski definition) is 2. The first-order valence-corrected chi connectivity index (χ1v) is 6.21. The van der Waals surface area contributed by atoms with Crippen LogP contribution in [-0.4, -0.2) is 25.6 Å². The highest BCUT2D eigenvalue weighted by Gasteiger charge is 2.16. The Morgan fingerprint density at radius 2 is 1.89 bits per heavy atom. The molecule has 4 nitrogen and oxygen atoms in total. The van der Waals surface area contributed by atoms with Crippen molar-refractivity contribution in [3.63, 3.8) is 0 Å². The number of benzene rings is 1. The number of nitrogens with two attached hydrogens (primary N) is 1. The van der Waals surface area contributed by atoms with Crippen molar-refractivity contribution in [2.24, 2.45) is 11.7 Å². The zero-order valence-corrected chi connectivity index (χ0v) is 12.5. The first kappa shape index (κ1) is 17.7. The van der Waals surface area contributed by atoms with E-state index in [4.69, 9.17) is 10.5 Å².